The fraction of sp³-hybridized carbons (Fsp3) is 0.393. The Morgan fingerprint density at radius 2 is 1.97 bits per heavy atom. The highest BCUT2D eigenvalue weighted by Gasteiger charge is 2.21. The molecule has 0 saturated heterocycles. The van der Waals surface area contributed by atoms with Crippen LogP contribution in [0.1, 0.15) is 32.1 Å². The largest absolute Gasteiger partial charge is 0.491 e. The fourth-order valence-corrected chi connectivity index (χ4v) is 4.84. The van der Waals surface area contributed by atoms with Crippen LogP contribution in [0.5, 0.6) is 5.75 Å². The molecule has 0 aliphatic heterocycles. The summed E-state index contributed by atoms with van der Waals surface area (Å²) in [4.78, 5) is 20.0. The molecule has 1 aromatic carbocycles. The molecule has 3 N–H and O–H groups in total. The number of H-pyrrole nitrogens is 1. The van der Waals surface area contributed by atoms with Crippen molar-refractivity contribution >= 4 is 16.9 Å². The molecule has 5 rings (SSSR count). The summed E-state index contributed by atoms with van der Waals surface area (Å²) in [5, 5.41) is 14.0. The van der Waals surface area contributed by atoms with E-state index in [0.29, 0.717) is 24.2 Å². The lowest BCUT2D eigenvalue weighted by Crippen LogP contribution is -2.34. The summed E-state index contributed by atoms with van der Waals surface area (Å²) in [7, 11) is 3.95. The van der Waals surface area contributed by atoms with Crippen LogP contribution in [-0.2, 0) is 0 Å². The van der Waals surface area contributed by atoms with E-state index in [1.807, 2.05) is 49.8 Å². The zero-order valence-corrected chi connectivity index (χ0v) is 20.9. The van der Waals surface area contributed by atoms with E-state index in [4.69, 9.17) is 14.7 Å². The van der Waals surface area contributed by atoms with Gasteiger partial charge < -0.3 is 25.0 Å². The van der Waals surface area contributed by atoms with Gasteiger partial charge in [-0.25, -0.2) is 15.0 Å². The highest BCUT2D eigenvalue weighted by Crippen LogP contribution is 2.31. The Morgan fingerprint density at radius 3 is 2.81 bits per heavy atom. The molecule has 3 heterocycles. The summed E-state index contributed by atoms with van der Waals surface area (Å²) in [5.41, 5.74) is 3.49. The van der Waals surface area contributed by atoms with E-state index in [1.165, 1.54) is 32.1 Å². The minimum atomic E-state index is -0.573. The van der Waals surface area contributed by atoms with Gasteiger partial charge in [-0.05, 0) is 44.2 Å². The monoisotopic (exact) mass is 486 g/mol. The van der Waals surface area contributed by atoms with Crippen molar-refractivity contribution in [3.63, 3.8) is 0 Å². The third-order valence-electron chi connectivity index (χ3n) is 6.87. The van der Waals surface area contributed by atoms with Gasteiger partial charge >= 0.3 is 0 Å². The molecular formula is C28H34N6O2. The Kier molecular flexibility index (Phi) is 7.44. The lowest BCUT2D eigenvalue weighted by atomic mass is 9.94. The number of aliphatic hydroxyl groups is 1. The number of ether oxygens (including phenoxy) is 1. The number of aromatic nitrogens is 4. The molecule has 0 radical (unpaired) electrons. The predicted octanol–water partition coefficient (Wildman–Crippen LogP) is 4.41. The van der Waals surface area contributed by atoms with Crippen LogP contribution in [0.25, 0.3) is 33.7 Å². The number of anilines is 1. The van der Waals surface area contributed by atoms with Crippen molar-refractivity contribution in [3.8, 4) is 28.4 Å². The Labute approximate surface area is 211 Å². The summed E-state index contributed by atoms with van der Waals surface area (Å²) < 4.78 is 5.85. The van der Waals surface area contributed by atoms with Crippen molar-refractivity contribution in [1.82, 2.24) is 25.3 Å². The van der Waals surface area contributed by atoms with Crippen LogP contribution in [0.4, 0.5) is 5.82 Å². The van der Waals surface area contributed by atoms with Gasteiger partial charge in [0.05, 0.1) is 5.69 Å². The molecule has 4 aromatic rings. The molecule has 36 heavy (non-hydrogen) atoms. The van der Waals surface area contributed by atoms with E-state index in [2.05, 4.69) is 39.4 Å². The Hall–Kier alpha value is -3.49. The molecule has 8 nitrogen and oxygen atoms in total. The van der Waals surface area contributed by atoms with E-state index >= 15 is 0 Å². The van der Waals surface area contributed by atoms with Gasteiger partial charge in [-0.1, -0.05) is 31.4 Å². The second-order valence-electron chi connectivity index (χ2n) is 9.53. The standard InChI is InChI=1S/C28H34N6O2/c1-29-17-23(35)18-36-24-10-6-7-19(14-24)25-15-26(34(2)22-8-4-3-5-9-22)33-28(32-25)21-13-20-11-12-30-27(20)31-16-21/h6-7,10-16,22-23,29,35H,3-5,8-9,17-18H2,1-2H3,(H,30,31). The van der Waals surface area contributed by atoms with Gasteiger partial charge in [0, 0.05) is 54.6 Å². The van der Waals surface area contributed by atoms with E-state index in [0.717, 1.165) is 33.7 Å². The molecule has 1 saturated carbocycles. The first-order valence-corrected chi connectivity index (χ1v) is 12.7. The molecule has 0 spiro atoms. The summed E-state index contributed by atoms with van der Waals surface area (Å²) >= 11 is 0. The Balaban J connectivity index is 1.51. The Bertz CT molecular complexity index is 1300. The number of likely N-dealkylation sites (N-methyl/N-ethyl adjacent to an activating group) is 1. The van der Waals surface area contributed by atoms with E-state index in [1.54, 1.807) is 0 Å². The van der Waals surface area contributed by atoms with Crippen LogP contribution >= 0.6 is 0 Å². The van der Waals surface area contributed by atoms with Gasteiger partial charge in [-0.15, -0.1) is 0 Å². The zero-order valence-electron chi connectivity index (χ0n) is 20.9. The lowest BCUT2D eigenvalue weighted by molar-refractivity contribution is 0.108. The van der Waals surface area contributed by atoms with Gasteiger partial charge in [0.1, 0.15) is 29.9 Å². The molecule has 1 unspecified atom stereocenters. The fourth-order valence-electron chi connectivity index (χ4n) is 4.84. The molecule has 1 aliphatic rings. The number of aliphatic hydroxyl groups excluding tert-OH is 1. The molecule has 1 aliphatic carbocycles. The van der Waals surface area contributed by atoms with Crippen molar-refractivity contribution in [1.29, 1.82) is 0 Å². The van der Waals surface area contributed by atoms with Crippen molar-refractivity contribution < 1.29 is 9.84 Å². The first-order chi connectivity index (χ1) is 17.6. The smallest absolute Gasteiger partial charge is 0.163 e. The van der Waals surface area contributed by atoms with Gasteiger partial charge in [0.2, 0.25) is 0 Å². The molecule has 1 atom stereocenters. The maximum Gasteiger partial charge on any atom is 0.163 e. The SMILES string of the molecule is CNCC(O)COc1cccc(-c2cc(N(C)C3CCCCC3)nc(-c3cnc4[nH]ccc4c3)n2)c1. The molecule has 8 heteroatoms. The maximum atomic E-state index is 10.0. The van der Waals surface area contributed by atoms with Crippen LogP contribution in [-0.4, -0.2) is 64.4 Å². The minimum absolute atomic E-state index is 0.220. The highest BCUT2D eigenvalue weighted by atomic mass is 16.5. The molecule has 3 aromatic heterocycles. The maximum absolute atomic E-state index is 10.0. The van der Waals surface area contributed by atoms with Gasteiger partial charge in [0.15, 0.2) is 5.82 Å². The zero-order chi connectivity index (χ0) is 24.9. The number of hydrogen-bond acceptors (Lipinski definition) is 7. The van der Waals surface area contributed by atoms with Crippen LogP contribution in [0, 0.1) is 0 Å². The molecule has 0 amide bonds. The molecular weight excluding hydrogens is 452 g/mol. The second-order valence-corrected chi connectivity index (χ2v) is 9.53. The second kappa shape index (κ2) is 11.1. The normalized spacial score (nSPS) is 15.2. The predicted molar refractivity (Wildman–Crippen MR) is 143 cm³/mol. The number of nitrogens with one attached hydrogen (secondary N) is 2. The van der Waals surface area contributed by atoms with Gasteiger partial charge in [-0.3, -0.25) is 0 Å². The van der Waals surface area contributed by atoms with Crippen LogP contribution in [0.3, 0.4) is 0 Å². The number of pyridine rings is 1. The summed E-state index contributed by atoms with van der Waals surface area (Å²) in [6.45, 7) is 0.697. The highest BCUT2D eigenvalue weighted by molar-refractivity contribution is 5.80. The first-order valence-electron chi connectivity index (χ1n) is 12.7. The molecule has 188 valence electrons. The number of nitrogens with zero attached hydrogens (tertiary/aromatic N) is 4. The summed E-state index contributed by atoms with van der Waals surface area (Å²) in [6.07, 6.45) is 9.32. The van der Waals surface area contributed by atoms with Crippen LogP contribution < -0.4 is 15.0 Å². The van der Waals surface area contributed by atoms with Crippen LogP contribution in [0.15, 0.2) is 54.9 Å². The van der Waals surface area contributed by atoms with Crippen molar-refractivity contribution in [2.75, 3.05) is 32.1 Å². The third kappa shape index (κ3) is 5.50. The number of fused-ring (bicyclic) bond motifs is 1. The Morgan fingerprint density at radius 1 is 1.11 bits per heavy atom. The topological polar surface area (TPSA) is 99.2 Å². The van der Waals surface area contributed by atoms with E-state index in [9.17, 15) is 5.11 Å². The van der Waals surface area contributed by atoms with E-state index < -0.39 is 6.10 Å². The number of aromatic amines is 1. The number of benzene rings is 1. The first kappa shape index (κ1) is 24.2. The lowest BCUT2D eigenvalue weighted by Gasteiger charge is -2.32. The van der Waals surface area contributed by atoms with Gasteiger partial charge in [-0.2, -0.15) is 0 Å². The van der Waals surface area contributed by atoms with Crippen molar-refractivity contribution in [2.45, 2.75) is 44.2 Å². The average Bonchev–Trinajstić information content (AvgIpc) is 3.40. The quantitative estimate of drug-likeness (QED) is 0.322. The van der Waals surface area contributed by atoms with E-state index in [-0.39, 0.29) is 6.61 Å². The third-order valence-corrected chi connectivity index (χ3v) is 6.87. The molecule has 0 bridgehead atoms. The average molecular weight is 487 g/mol. The summed E-state index contributed by atoms with van der Waals surface area (Å²) in [6, 6.07) is 14.5. The molecule has 1 fully saturated rings. The van der Waals surface area contributed by atoms with Gasteiger partial charge in [0.25, 0.3) is 0 Å². The van der Waals surface area contributed by atoms with Crippen LogP contribution in [0.2, 0.25) is 0 Å². The minimum Gasteiger partial charge on any atom is -0.491 e. The van der Waals surface area contributed by atoms with Crippen molar-refractivity contribution in [2.24, 2.45) is 0 Å². The number of hydrogen-bond donors (Lipinski definition) is 3. The number of rotatable bonds is 9. The summed E-state index contributed by atoms with van der Waals surface area (Å²) in [5.74, 6) is 2.25. The van der Waals surface area contributed by atoms with Crippen molar-refractivity contribution in [3.05, 3.63) is 54.9 Å².